The number of carbonyl (C=O) groups excluding carboxylic acids is 2. The van der Waals surface area contributed by atoms with Crippen molar-refractivity contribution in [2.75, 3.05) is 0 Å². The summed E-state index contributed by atoms with van der Waals surface area (Å²) in [5, 5.41) is 0.0212. The summed E-state index contributed by atoms with van der Waals surface area (Å²) >= 11 is 1.22. The summed E-state index contributed by atoms with van der Waals surface area (Å²) in [5.74, 6) is 1.25. The Morgan fingerprint density at radius 3 is 2.75 bits per heavy atom. The minimum Gasteiger partial charge on any atom is -0.468 e. The van der Waals surface area contributed by atoms with E-state index < -0.39 is 5.92 Å². The van der Waals surface area contributed by atoms with E-state index >= 15 is 0 Å². The van der Waals surface area contributed by atoms with Gasteiger partial charge in [0.25, 0.3) is 0 Å². The number of hydrogen-bond acceptors (Lipinski definition) is 4. The summed E-state index contributed by atoms with van der Waals surface area (Å²) in [6.07, 6.45) is 3.52. The lowest BCUT2D eigenvalue weighted by molar-refractivity contribution is -0.135. The molecule has 2 aliphatic rings. The molecule has 0 aromatic carbocycles. The molecular weight excluding hydrogens is 272 g/mol. The zero-order valence-corrected chi connectivity index (χ0v) is 13.0. The monoisotopic (exact) mass is 292 g/mol. The molecule has 0 amide bonds. The molecule has 1 aromatic heterocycles. The largest absolute Gasteiger partial charge is 0.468 e. The zero-order valence-electron chi connectivity index (χ0n) is 12.1. The third-order valence-electron chi connectivity index (χ3n) is 5.72. The Hall–Kier alpha value is -1.03. The smallest absolute Gasteiger partial charge is 0.200 e. The van der Waals surface area contributed by atoms with Gasteiger partial charge in [-0.3, -0.25) is 9.59 Å². The Kier molecular flexibility index (Phi) is 3.12. The molecular formula is C16H20O3S. The molecule has 20 heavy (non-hydrogen) atoms. The van der Waals surface area contributed by atoms with Crippen molar-refractivity contribution in [3.63, 3.8) is 0 Å². The quantitative estimate of drug-likeness (QED) is 0.797. The standard InChI is InChI=1S/C16H20O3S/c1-15(2)11-6-7-16(15,3)13(17)12(11)14(18)20-9-10-5-4-8-19-10/h4-5,8,11-12H,6-7,9H2,1-3H3/t11-,12+,16+/m0/s1. The first-order valence-electron chi connectivity index (χ1n) is 7.11. The van der Waals surface area contributed by atoms with E-state index in [1.807, 2.05) is 19.1 Å². The third kappa shape index (κ3) is 1.73. The van der Waals surface area contributed by atoms with Gasteiger partial charge >= 0.3 is 0 Å². The lowest BCUT2D eigenvalue weighted by Crippen LogP contribution is -2.34. The van der Waals surface area contributed by atoms with E-state index in [0.29, 0.717) is 5.75 Å². The minimum atomic E-state index is -0.413. The van der Waals surface area contributed by atoms with E-state index in [9.17, 15) is 9.59 Å². The molecule has 0 saturated heterocycles. The van der Waals surface area contributed by atoms with E-state index in [-0.39, 0.29) is 27.6 Å². The number of hydrogen-bond donors (Lipinski definition) is 0. The summed E-state index contributed by atoms with van der Waals surface area (Å²) in [6.45, 7) is 6.33. The van der Waals surface area contributed by atoms with Crippen LogP contribution in [-0.2, 0) is 15.3 Å². The highest BCUT2D eigenvalue weighted by Crippen LogP contribution is 2.66. The van der Waals surface area contributed by atoms with Crippen LogP contribution in [0.2, 0.25) is 0 Å². The number of thioether (sulfide) groups is 1. The van der Waals surface area contributed by atoms with Crippen LogP contribution in [-0.4, -0.2) is 10.9 Å². The van der Waals surface area contributed by atoms with E-state index in [1.165, 1.54) is 11.8 Å². The summed E-state index contributed by atoms with van der Waals surface area (Å²) in [6, 6.07) is 3.67. The second kappa shape index (κ2) is 4.48. The first-order valence-corrected chi connectivity index (χ1v) is 8.10. The van der Waals surface area contributed by atoms with Crippen LogP contribution in [0.3, 0.4) is 0 Å². The van der Waals surface area contributed by atoms with Crippen LogP contribution in [0.4, 0.5) is 0 Å². The molecule has 1 heterocycles. The van der Waals surface area contributed by atoms with Crippen LogP contribution in [0.25, 0.3) is 0 Å². The molecule has 0 spiro atoms. The summed E-state index contributed by atoms with van der Waals surface area (Å²) in [4.78, 5) is 25.1. The van der Waals surface area contributed by atoms with Crippen molar-refractivity contribution in [1.29, 1.82) is 0 Å². The van der Waals surface area contributed by atoms with Crippen molar-refractivity contribution < 1.29 is 14.0 Å². The number of rotatable bonds is 3. The predicted molar refractivity (Wildman–Crippen MR) is 78.1 cm³/mol. The van der Waals surface area contributed by atoms with Gasteiger partial charge in [-0.15, -0.1) is 0 Å². The lowest BCUT2D eigenvalue weighted by atomic mass is 9.70. The van der Waals surface area contributed by atoms with Crippen LogP contribution in [0.5, 0.6) is 0 Å². The topological polar surface area (TPSA) is 47.3 Å². The molecule has 3 nitrogen and oxygen atoms in total. The number of furan rings is 1. The molecule has 1 aromatic rings. The van der Waals surface area contributed by atoms with Gasteiger partial charge in [-0.05, 0) is 36.3 Å². The predicted octanol–water partition coefficient (Wildman–Crippen LogP) is 3.68. The first-order chi connectivity index (χ1) is 9.38. The Labute approximate surface area is 123 Å². The fourth-order valence-electron chi connectivity index (χ4n) is 3.98. The van der Waals surface area contributed by atoms with Gasteiger partial charge in [0.15, 0.2) is 10.9 Å². The Morgan fingerprint density at radius 1 is 1.45 bits per heavy atom. The van der Waals surface area contributed by atoms with Crippen LogP contribution < -0.4 is 0 Å². The van der Waals surface area contributed by atoms with Crippen molar-refractivity contribution >= 4 is 22.7 Å². The van der Waals surface area contributed by atoms with Gasteiger partial charge in [-0.25, -0.2) is 0 Å². The molecule has 2 saturated carbocycles. The van der Waals surface area contributed by atoms with E-state index in [2.05, 4.69) is 13.8 Å². The van der Waals surface area contributed by atoms with Crippen molar-refractivity contribution in [2.24, 2.45) is 22.7 Å². The molecule has 2 bridgehead atoms. The van der Waals surface area contributed by atoms with Gasteiger partial charge in [-0.1, -0.05) is 32.5 Å². The average Bonchev–Trinajstić information content (AvgIpc) is 3.01. The van der Waals surface area contributed by atoms with Crippen molar-refractivity contribution in [3.05, 3.63) is 24.2 Å². The highest BCUT2D eigenvalue weighted by molar-refractivity contribution is 8.13. The van der Waals surface area contributed by atoms with Crippen molar-refractivity contribution in [2.45, 2.75) is 39.4 Å². The Bertz CT molecular complexity index is 546. The minimum absolute atomic E-state index is 0.0212. The number of carbonyl (C=O) groups is 2. The van der Waals surface area contributed by atoms with E-state index in [4.69, 9.17) is 4.42 Å². The maximum absolute atomic E-state index is 12.6. The van der Waals surface area contributed by atoms with Gasteiger partial charge in [0, 0.05) is 5.41 Å². The van der Waals surface area contributed by atoms with Crippen molar-refractivity contribution in [1.82, 2.24) is 0 Å². The molecule has 0 unspecified atom stereocenters. The lowest BCUT2D eigenvalue weighted by Gasteiger charge is -2.32. The van der Waals surface area contributed by atoms with E-state index in [0.717, 1.165) is 18.6 Å². The summed E-state index contributed by atoms with van der Waals surface area (Å²) in [5.41, 5.74) is -0.376. The average molecular weight is 292 g/mol. The highest BCUT2D eigenvalue weighted by atomic mass is 32.2. The van der Waals surface area contributed by atoms with E-state index in [1.54, 1.807) is 6.26 Å². The number of Topliss-reactive ketones (excluding diaryl/α,β-unsaturated/α-hetero) is 1. The molecule has 2 fully saturated rings. The molecule has 108 valence electrons. The molecule has 0 N–H and O–H groups in total. The van der Waals surface area contributed by atoms with Crippen LogP contribution in [0.1, 0.15) is 39.4 Å². The SMILES string of the molecule is CC1(C)[C@H]2CC[C@]1(C)C(=O)[C@@H]2C(=O)SCc1ccco1. The maximum Gasteiger partial charge on any atom is 0.200 e. The Morgan fingerprint density at radius 2 is 2.20 bits per heavy atom. The fraction of sp³-hybridized carbons (Fsp3) is 0.625. The normalized spacial score (nSPS) is 34.6. The maximum atomic E-state index is 12.6. The molecule has 3 atom stereocenters. The molecule has 2 aliphatic carbocycles. The highest BCUT2D eigenvalue weighted by Gasteiger charge is 2.67. The van der Waals surface area contributed by atoms with Crippen molar-refractivity contribution in [3.8, 4) is 0 Å². The summed E-state index contributed by atoms with van der Waals surface area (Å²) < 4.78 is 5.24. The number of fused-ring (bicyclic) bond motifs is 2. The molecule has 0 radical (unpaired) electrons. The van der Waals surface area contributed by atoms with Gasteiger partial charge in [-0.2, -0.15) is 0 Å². The van der Waals surface area contributed by atoms with Gasteiger partial charge in [0.05, 0.1) is 17.9 Å². The van der Waals surface area contributed by atoms with Gasteiger partial charge < -0.3 is 4.42 Å². The second-order valence-electron chi connectivity index (χ2n) is 6.73. The van der Waals surface area contributed by atoms with Gasteiger partial charge in [0.2, 0.25) is 0 Å². The van der Waals surface area contributed by atoms with Gasteiger partial charge in [0.1, 0.15) is 5.76 Å². The first kappa shape index (κ1) is 13.9. The van der Waals surface area contributed by atoms with Crippen LogP contribution in [0, 0.1) is 22.7 Å². The summed E-state index contributed by atoms with van der Waals surface area (Å²) in [7, 11) is 0. The zero-order chi connectivity index (χ0) is 14.5. The molecule has 3 rings (SSSR count). The third-order valence-corrected chi connectivity index (χ3v) is 6.69. The van der Waals surface area contributed by atoms with Crippen LogP contribution >= 0.6 is 11.8 Å². The Balaban J connectivity index is 1.75. The number of ketones is 1. The fourth-order valence-corrected chi connectivity index (χ4v) is 4.88. The second-order valence-corrected chi connectivity index (χ2v) is 7.71. The molecule has 0 aliphatic heterocycles. The molecule has 4 heteroatoms. The van der Waals surface area contributed by atoms with Crippen LogP contribution in [0.15, 0.2) is 22.8 Å².